The van der Waals surface area contributed by atoms with Crippen LogP contribution in [-0.4, -0.2) is 30.9 Å². The van der Waals surface area contributed by atoms with E-state index in [1.165, 1.54) is 13.4 Å². The molecule has 0 radical (unpaired) electrons. The van der Waals surface area contributed by atoms with Crippen LogP contribution in [0.15, 0.2) is 53.1 Å². The quantitative estimate of drug-likeness (QED) is 0.473. The highest BCUT2D eigenvalue weighted by molar-refractivity contribution is 6.10. The molecule has 0 amide bonds. The number of nitrogens with one attached hydrogen (secondary N) is 2. The molecule has 0 spiro atoms. The Morgan fingerprint density at radius 1 is 1.21 bits per heavy atom. The summed E-state index contributed by atoms with van der Waals surface area (Å²) in [6.07, 6.45) is 1.54. The van der Waals surface area contributed by atoms with Gasteiger partial charge in [0.25, 0.3) is 0 Å². The minimum atomic E-state index is -0.538. The summed E-state index contributed by atoms with van der Waals surface area (Å²) in [6, 6.07) is 12.7. The summed E-state index contributed by atoms with van der Waals surface area (Å²) in [7, 11) is 2.92. The summed E-state index contributed by atoms with van der Waals surface area (Å²) in [5, 5.41) is 11.4. The number of rotatable bonds is 7. The summed E-state index contributed by atoms with van der Waals surface area (Å²) in [5.41, 5.74) is 2.34. The van der Waals surface area contributed by atoms with E-state index < -0.39 is 5.97 Å². The Kier molecular flexibility index (Phi) is 5.74. The number of pyridine rings is 1. The van der Waals surface area contributed by atoms with Crippen molar-refractivity contribution in [2.24, 2.45) is 0 Å². The van der Waals surface area contributed by atoms with Gasteiger partial charge in [0, 0.05) is 12.3 Å². The molecule has 28 heavy (non-hydrogen) atoms. The second-order valence-electron chi connectivity index (χ2n) is 6.07. The van der Waals surface area contributed by atoms with E-state index in [1.54, 1.807) is 32.2 Å². The van der Waals surface area contributed by atoms with Crippen molar-refractivity contribution in [2.45, 2.75) is 13.5 Å². The van der Waals surface area contributed by atoms with Gasteiger partial charge in [-0.05, 0) is 42.8 Å². The third-order valence-corrected chi connectivity index (χ3v) is 4.19. The van der Waals surface area contributed by atoms with Crippen LogP contribution >= 0.6 is 0 Å². The van der Waals surface area contributed by atoms with Gasteiger partial charge in [0.05, 0.1) is 31.6 Å². The maximum Gasteiger partial charge on any atom is 0.338 e. The average Bonchev–Trinajstić information content (AvgIpc) is 3.26. The number of hydrogen-bond acceptors (Lipinski definition) is 7. The van der Waals surface area contributed by atoms with E-state index in [0.29, 0.717) is 29.4 Å². The van der Waals surface area contributed by atoms with Gasteiger partial charge < -0.3 is 24.6 Å². The predicted octanol–water partition coefficient (Wildman–Crippen LogP) is 4.14. The molecule has 0 aliphatic carbocycles. The fraction of sp³-hybridized carbons (Fsp3) is 0.190. The molecule has 7 heteroatoms. The van der Waals surface area contributed by atoms with Crippen LogP contribution in [0.3, 0.4) is 0 Å². The summed E-state index contributed by atoms with van der Waals surface area (Å²) in [4.78, 5) is 16.9. The normalized spacial score (nSPS) is 10.4. The average molecular weight is 379 g/mol. The molecule has 2 N–H and O–H groups in total. The van der Waals surface area contributed by atoms with Crippen molar-refractivity contribution in [3.63, 3.8) is 0 Å². The fourth-order valence-electron chi connectivity index (χ4n) is 2.80. The van der Waals surface area contributed by atoms with E-state index >= 15 is 0 Å². The van der Waals surface area contributed by atoms with E-state index in [4.69, 9.17) is 19.3 Å². The number of furan rings is 1. The molecule has 0 fully saturated rings. The molecule has 0 unspecified atom stereocenters. The Hall–Kier alpha value is -3.61. The number of hydrogen-bond donors (Lipinski definition) is 2. The zero-order valence-corrected chi connectivity index (χ0v) is 15.9. The number of aromatic nitrogens is 1. The fourth-order valence-corrected chi connectivity index (χ4v) is 2.80. The molecule has 0 saturated carbocycles. The molecule has 0 atom stereocenters. The van der Waals surface area contributed by atoms with Crippen molar-refractivity contribution < 1.29 is 18.7 Å². The first-order chi connectivity index (χ1) is 13.5. The lowest BCUT2D eigenvalue weighted by Crippen LogP contribution is -2.15. The second kappa shape index (κ2) is 8.39. The number of ether oxygens (including phenoxy) is 2. The molecule has 144 valence electrons. The van der Waals surface area contributed by atoms with E-state index in [9.17, 15) is 4.79 Å². The lowest BCUT2D eigenvalue weighted by molar-refractivity contribution is 0.0600. The van der Waals surface area contributed by atoms with E-state index in [-0.39, 0.29) is 11.3 Å². The molecule has 0 aliphatic rings. The van der Waals surface area contributed by atoms with Crippen molar-refractivity contribution in [2.75, 3.05) is 19.5 Å². The highest BCUT2D eigenvalue weighted by Crippen LogP contribution is 2.27. The Morgan fingerprint density at radius 2 is 1.96 bits per heavy atom. The molecular weight excluding hydrogens is 358 g/mol. The van der Waals surface area contributed by atoms with Crippen LogP contribution in [0.1, 0.15) is 28.4 Å². The van der Waals surface area contributed by atoms with Gasteiger partial charge in [-0.25, -0.2) is 9.78 Å². The summed E-state index contributed by atoms with van der Waals surface area (Å²) >= 11 is 0. The Morgan fingerprint density at radius 3 is 2.54 bits per heavy atom. The second-order valence-corrected chi connectivity index (χ2v) is 6.07. The number of methoxy groups -OCH3 is 2. The monoisotopic (exact) mass is 379 g/mol. The molecule has 0 aliphatic heterocycles. The van der Waals surface area contributed by atoms with Crippen LogP contribution in [0.5, 0.6) is 5.75 Å². The number of benzene rings is 1. The van der Waals surface area contributed by atoms with Gasteiger partial charge in [0.1, 0.15) is 17.3 Å². The first-order valence-corrected chi connectivity index (χ1v) is 8.63. The smallest absolute Gasteiger partial charge is 0.338 e. The van der Waals surface area contributed by atoms with Crippen molar-refractivity contribution in [1.82, 2.24) is 4.98 Å². The van der Waals surface area contributed by atoms with Crippen molar-refractivity contribution in [3.05, 3.63) is 65.4 Å². The molecule has 7 nitrogen and oxygen atoms in total. The van der Waals surface area contributed by atoms with Crippen LogP contribution in [-0.2, 0) is 11.3 Å². The van der Waals surface area contributed by atoms with Gasteiger partial charge in [-0.15, -0.1) is 0 Å². The molecule has 2 aromatic heterocycles. The largest absolute Gasteiger partial charge is 0.497 e. The van der Waals surface area contributed by atoms with Crippen LogP contribution in [0.4, 0.5) is 5.82 Å². The van der Waals surface area contributed by atoms with Crippen LogP contribution < -0.4 is 10.1 Å². The van der Waals surface area contributed by atoms with E-state index in [1.807, 2.05) is 24.3 Å². The summed E-state index contributed by atoms with van der Waals surface area (Å²) < 4.78 is 15.5. The maximum absolute atomic E-state index is 12.3. The first kappa shape index (κ1) is 19.2. The predicted molar refractivity (Wildman–Crippen MR) is 106 cm³/mol. The molecular formula is C21H21N3O4. The topological polar surface area (TPSA) is 97.4 Å². The third kappa shape index (κ3) is 4.03. The Labute approximate surface area is 162 Å². The van der Waals surface area contributed by atoms with Gasteiger partial charge in [-0.3, -0.25) is 0 Å². The molecule has 1 aromatic carbocycles. The zero-order valence-electron chi connectivity index (χ0n) is 15.9. The molecule has 0 saturated heterocycles. The maximum atomic E-state index is 12.3. The highest BCUT2D eigenvalue weighted by Gasteiger charge is 2.21. The highest BCUT2D eigenvalue weighted by atomic mass is 16.5. The van der Waals surface area contributed by atoms with Gasteiger partial charge in [0.15, 0.2) is 5.76 Å². The molecule has 2 heterocycles. The third-order valence-electron chi connectivity index (χ3n) is 4.19. The lowest BCUT2D eigenvalue weighted by Gasteiger charge is -2.15. The molecule has 0 bridgehead atoms. The van der Waals surface area contributed by atoms with E-state index in [0.717, 1.165) is 11.3 Å². The standard InChI is InChI=1S/C21H21N3O4/c1-13(22)19-16(21(25)27-3)11-17(18-5-4-10-28-18)24-20(19)23-12-14-6-8-15(26-2)9-7-14/h4-11,22H,12H2,1-3H3,(H,23,24). The lowest BCUT2D eigenvalue weighted by atomic mass is 10.0. The number of esters is 1. The van der Waals surface area contributed by atoms with Gasteiger partial charge in [-0.2, -0.15) is 0 Å². The number of anilines is 1. The van der Waals surface area contributed by atoms with Gasteiger partial charge in [-0.1, -0.05) is 12.1 Å². The summed E-state index contributed by atoms with van der Waals surface area (Å²) in [5.74, 6) is 1.17. The SMILES string of the molecule is COC(=O)c1cc(-c2ccco2)nc(NCc2ccc(OC)cc2)c1C(C)=N. The number of nitrogens with zero attached hydrogens (tertiary/aromatic N) is 1. The number of carbonyl (C=O) groups is 1. The van der Waals surface area contributed by atoms with Crippen molar-refractivity contribution in [3.8, 4) is 17.2 Å². The minimum Gasteiger partial charge on any atom is -0.497 e. The minimum absolute atomic E-state index is 0.205. The molecule has 3 aromatic rings. The van der Waals surface area contributed by atoms with Gasteiger partial charge in [0.2, 0.25) is 0 Å². The Balaban J connectivity index is 2.02. The van der Waals surface area contributed by atoms with Crippen molar-refractivity contribution >= 4 is 17.5 Å². The van der Waals surface area contributed by atoms with Crippen molar-refractivity contribution in [1.29, 1.82) is 5.41 Å². The first-order valence-electron chi connectivity index (χ1n) is 8.63. The van der Waals surface area contributed by atoms with Crippen LogP contribution in [0, 0.1) is 5.41 Å². The van der Waals surface area contributed by atoms with Crippen LogP contribution in [0.25, 0.3) is 11.5 Å². The van der Waals surface area contributed by atoms with Gasteiger partial charge >= 0.3 is 5.97 Å². The van der Waals surface area contributed by atoms with Crippen LogP contribution in [0.2, 0.25) is 0 Å². The number of carbonyl (C=O) groups excluding carboxylic acids is 1. The zero-order chi connectivity index (χ0) is 20.1. The molecule has 3 rings (SSSR count). The van der Waals surface area contributed by atoms with E-state index in [2.05, 4.69) is 10.3 Å². The Bertz CT molecular complexity index is 980. The summed E-state index contributed by atoms with van der Waals surface area (Å²) in [6.45, 7) is 2.06.